The average Bonchev–Trinajstić information content (AvgIpc) is 2.59. The molecule has 0 spiro atoms. The maximum Gasteiger partial charge on any atom is 0.407 e. The second-order valence-electron chi connectivity index (χ2n) is 6.55. The van der Waals surface area contributed by atoms with Crippen molar-refractivity contribution >= 4 is 6.09 Å². The van der Waals surface area contributed by atoms with Crippen molar-refractivity contribution in [2.45, 2.75) is 44.5 Å². The highest BCUT2D eigenvalue weighted by molar-refractivity contribution is 5.67. The molecular formula is C20H24N2O3. The zero-order valence-corrected chi connectivity index (χ0v) is 14.3. The van der Waals surface area contributed by atoms with Crippen LogP contribution in [0.5, 0.6) is 5.75 Å². The van der Waals surface area contributed by atoms with Crippen molar-refractivity contribution in [3.63, 3.8) is 0 Å². The fourth-order valence-corrected chi connectivity index (χ4v) is 3.05. The summed E-state index contributed by atoms with van der Waals surface area (Å²) < 4.78 is 5.24. The minimum absolute atomic E-state index is 0.150. The lowest BCUT2D eigenvalue weighted by molar-refractivity contribution is 0.124. The molecule has 1 saturated carbocycles. The van der Waals surface area contributed by atoms with Gasteiger partial charge in [-0.2, -0.15) is 0 Å². The highest BCUT2D eigenvalue weighted by Crippen LogP contribution is 2.25. The number of aromatic hydroxyl groups is 1. The first kappa shape index (κ1) is 17.3. The summed E-state index contributed by atoms with van der Waals surface area (Å²) in [5.74, 6) is 0.278. The van der Waals surface area contributed by atoms with Gasteiger partial charge >= 0.3 is 6.09 Å². The van der Waals surface area contributed by atoms with Crippen LogP contribution in [0.15, 0.2) is 54.6 Å². The molecule has 3 rings (SSSR count). The third-order valence-electron chi connectivity index (χ3n) is 4.53. The highest BCUT2D eigenvalue weighted by Gasteiger charge is 2.31. The monoisotopic (exact) mass is 340 g/mol. The largest absolute Gasteiger partial charge is 0.508 e. The lowest BCUT2D eigenvalue weighted by Gasteiger charge is -2.38. The Morgan fingerprint density at radius 1 is 1.16 bits per heavy atom. The Labute approximate surface area is 148 Å². The van der Waals surface area contributed by atoms with Crippen LogP contribution in [0.25, 0.3) is 0 Å². The van der Waals surface area contributed by atoms with E-state index in [1.165, 1.54) is 0 Å². The van der Waals surface area contributed by atoms with Crippen LogP contribution >= 0.6 is 0 Å². The summed E-state index contributed by atoms with van der Waals surface area (Å²) in [6.45, 7) is 2.36. The predicted molar refractivity (Wildman–Crippen MR) is 96.2 cm³/mol. The van der Waals surface area contributed by atoms with Crippen molar-refractivity contribution in [1.29, 1.82) is 0 Å². The number of amides is 1. The molecule has 1 fully saturated rings. The summed E-state index contributed by atoms with van der Waals surface area (Å²) in [4.78, 5) is 11.8. The number of carbonyl (C=O) groups is 1. The Kier molecular flexibility index (Phi) is 5.56. The van der Waals surface area contributed by atoms with Crippen LogP contribution in [0.4, 0.5) is 4.79 Å². The quantitative estimate of drug-likeness (QED) is 0.753. The van der Waals surface area contributed by atoms with Gasteiger partial charge in [-0.05, 0) is 43.0 Å². The van der Waals surface area contributed by atoms with Crippen LogP contribution in [0, 0.1) is 0 Å². The molecule has 25 heavy (non-hydrogen) atoms. The first-order valence-electron chi connectivity index (χ1n) is 8.62. The summed E-state index contributed by atoms with van der Waals surface area (Å²) in [6.07, 6.45) is 1.39. The first-order valence-corrected chi connectivity index (χ1v) is 8.62. The van der Waals surface area contributed by atoms with Gasteiger partial charge in [-0.25, -0.2) is 4.79 Å². The smallest absolute Gasteiger partial charge is 0.407 e. The third-order valence-corrected chi connectivity index (χ3v) is 4.53. The van der Waals surface area contributed by atoms with Gasteiger partial charge in [0.2, 0.25) is 0 Å². The Morgan fingerprint density at radius 3 is 2.64 bits per heavy atom. The molecule has 1 aliphatic carbocycles. The van der Waals surface area contributed by atoms with Crippen molar-refractivity contribution in [3.8, 4) is 5.75 Å². The average molecular weight is 340 g/mol. The van der Waals surface area contributed by atoms with Crippen molar-refractivity contribution in [1.82, 2.24) is 10.6 Å². The minimum Gasteiger partial charge on any atom is -0.508 e. The van der Waals surface area contributed by atoms with E-state index in [0.29, 0.717) is 6.04 Å². The zero-order chi connectivity index (χ0) is 17.6. The van der Waals surface area contributed by atoms with Gasteiger partial charge in [0.05, 0.1) is 0 Å². The van der Waals surface area contributed by atoms with E-state index in [9.17, 15) is 9.90 Å². The summed E-state index contributed by atoms with van der Waals surface area (Å²) in [6, 6.07) is 17.6. The normalized spacial score (nSPS) is 20.4. The van der Waals surface area contributed by atoms with Crippen molar-refractivity contribution in [2.24, 2.45) is 0 Å². The fraction of sp³-hybridized carbons (Fsp3) is 0.350. The first-order chi connectivity index (χ1) is 12.1. The maximum atomic E-state index is 11.8. The van der Waals surface area contributed by atoms with Crippen molar-refractivity contribution < 1.29 is 14.6 Å². The van der Waals surface area contributed by atoms with Crippen LogP contribution in [0.2, 0.25) is 0 Å². The molecule has 0 heterocycles. The van der Waals surface area contributed by atoms with E-state index >= 15 is 0 Å². The molecule has 1 atom stereocenters. The van der Waals surface area contributed by atoms with Gasteiger partial charge in [-0.3, -0.25) is 0 Å². The molecule has 2 aromatic carbocycles. The number of benzene rings is 2. The number of alkyl carbamates (subject to hydrolysis) is 1. The molecule has 0 saturated heterocycles. The van der Waals surface area contributed by atoms with Crippen LogP contribution in [-0.4, -0.2) is 23.3 Å². The van der Waals surface area contributed by atoms with Crippen molar-refractivity contribution in [2.75, 3.05) is 0 Å². The molecule has 5 nitrogen and oxygen atoms in total. The van der Waals surface area contributed by atoms with Gasteiger partial charge < -0.3 is 20.5 Å². The zero-order valence-electron chi connectivity index (χ0n) is 14.3. The second kappa shape index (κ2) is 8.03. The number of rotatable bonds is 6. The highest BCUT2D eigenvalue weighted by atomic mass is 16.5. The number of ether oxygens (including phenoxy) is 1. The number of hydrogen-bond donors (Lipinski definition) is 3. The Balaban J connectivity index is 1.35. The van der Waals surface area contributed by atoms with E-state index in [2.05, 4.69) is 17.6 Å². The number of phenolic OH excluding ortho intramolecular Hbond substituents is 1. The molecule has 0 aromatic heterocycles. The molecule has 2 aromatic rings. The van der Waals surface area contributed by atoms with E-state index in [1.54, 1.807) is 12.1 Å². The van der Waals surface area contributed by atoms with Gasteiger partial charge in [0, 0.05) is 18.1 Å². The van der Waals surface area contributed by atoms with Gasteiger partial charge in [0.1, 0.15) is 12.4 Å². The number of hydrogen-bond acceptors (Lipinski definition) is 4. The van der Waals surface area contributed by atoms with Gasteiger partial charge in [0.25, 0.3) is 0 Å². The lowest BCUT2D eigenvalue weighted by atomic mass is 9.86. The molecule has 0 radical (unpaired) electrons. The summed E-state index contributed by atoms with van der Waals surface area (Å²) >= 11 is 0. The Bertz CT molecular complexity index is 699. The Morgan fingerprint density at radius 2 is 1.92 bits per heavy atom. The summed E-state index contributed by atoms with van der Waals surface area (Å²) in [5.41, 5.74) is 2.03. The molecule has 0 aliphatic heterocycles. The van der Waals surface area contributed by atoms with E-state index in [0.717, 1.165) is 24.0 Å². The van der Waals surface area contributed by atoms with Gasteiger partial charge in [-0.15, -0.1) is 0 Å². The SMILES string of the molecule is CC(NC1CC(NC(=O)OCc2ccccc2)C1)c1cccc(O)c1. The van der Waals surface area contributed by atoms with E-state index in [4.69, 9.17) is 4.74 Å². The summed E-state index contributed by atoms with van der Waals surface area (Å²) in [7, 11) is 0. The molecule has 1 aliphatic rings. The van der Waals surface area contributed by atoms with E-state index in [1.807, 2.05) is 42.5 Å². The van der Waals surface area contributed by atoms with Crippen LogP contribution in [0.1, 0.15) is 36.9 Å². The minimum atomic E-state index is -0.367. The third kappa shape index (κ3) is 4.97. The summed E-state index contributed by atoms with van der Waals surface area (Å²) in [5, 5.41) is 16.0. The molecule has 0 bridgehead atoms. The standard InChI is InChI=1S/C20H24N2O3/c1-14(16-8-5-9-19(23)10-16)21-17-11-18(12-17)22-20(24)25-13-15-6-3-2-4-7-15/h2-10,14,17-18,21,23H,11-13H2,1H3,(H,22,24). The van der Waals surface area contributed by atoms with E-state index in [-0.39, 0.29) is 30.5 Å². The maximum absolute atomic E-state index is 11.8. The van der Waals surface area contributed by atoms with Crippen molar-refractivity contribution in [3.05, 3.63) is 65.7 Å². The second-order valence-corrected chi connectivity index (χ2v) is 6.55. The van der Waals surface area contributed by atoms with Gasteiger partial charge in [0.15, 0.2) is 0 Å². The number of phenols is 1. The lowest BCUT2D eigenvalue weighted by Crippen LogP contribution is -2.52. The molecule has 132 valence electrons. The fourth-order valence-electron chi connectivity index (χ4n) is 3.05. The molecule has 1 unspecified atom stereocenters. The molecule has 5 heteroatoms. The van der Waals surface area contributed by atoms with Gasteiger partial charge in [-0.1, -0.05) is 42.5 Å². The molecule has 1 amide bonds. The topological polar surface area (TPSA) is 70.6 Å². The Hall–Kier alpha value is -2.53. The van der Waals surface area contributed by atoms with Crippen LogP contribution in [0.3, 0.4) is 0 Å². The van der Waals surface area contributed by atoms with E-state index < -0.39 is 0 Å². The molecule has 3 N–H and O–H groups in total. The molecular weight excluding hydrogens is 316 g/mol. The number of carbonyl (C=O) groups excluding carboxylic acids is 1. The van der Waals surface area contributed by atoms with Crippen LogP contribution in [-0.2, 0) is 11.3 Å². The number of nitrogens with one attached hydrogen (secondary N) is 2. The van der Waals surface area contributed by atoms with Crippen LogP contribution < -0.4 is 10.6 Å². The predicted octanol–water partition coefficient (Wildman–Crippen LogP) is 3.50.